The number of aromatic nitrogens is 2. The van der Waals surface area contributed by atoms with Crippen LogP contribution in [0.3, 0.4) is 0 Å². The number of piperidine rings is 1. The fraction of sp³-hybridized carbons (Fsp3) is 0.750. The summed E-state index contributed by atoms with van der Waals surface area (Å²) in [6.45, 7) is 2.11. The Hall–Kier alpha value is -1.78. The molecule has 3 aliphatic heterocycles. The van der Waals surface area contributed by atoms with Crippen LogP contribution >= 0.6 is 0 Å². The fourth-order valence-corrected chi connectivity index (χ4v) is 6.48. The van der Waals surface area contributed by atoms with Crippen LogP contribution < -0.4 is 4.90 Å². The van der Waals surface area contributed by atoms with Gasteiger partial charge in [-0.15, -0.1) is 0 Å². The number of carbonyl (C=O) groups is 1. The Labute approximate surface area is 178 Å². The van der Waals surface area contributed by atoms with Crippen molar-refractivity contribution in [2.45, 2.75) is 37.3 Å². The Morgan fingerprint density at radius 2 is 2.03 bits per heavy atom. The average molecular weight is 438 g/mol. The molecule has 2 saturated heterocycles. The molecule has 1 unspecified atom stereocenters. The van der Waals surface area contributed by atoms with E-state index in [2.05, 4.69) is 4.98 Å². The number of fused-ring (bicyclic) bond motifs is 2. The summed E-state index contributed by atoms with van der Waals surface area (Å²) in [6, 6.07) is -0.0650. The lowest BCUT2D eigenvalue weighted by Crippen LogP contribution is -2.51. The van der Waals surface area contributed by atoms with Gasteiger partial charge in [0.25, 0.3) is 0 Å². The highest BCUT2D eigenvalue weighted by Gasteiger charge is 2.43. The maximum absolute atomic E-state index is 12.8. The van der Waals surface area contributed by atoms with Crippen molar-refractivity contribution in [3.05, 3.63) is 17.5 Å². The smallest absolute Gasteiger partial charge is 0.236 e. The maximum atomic E-state index is 12.8. The summed E-state index contributed by atoms with van der Waals surface area (Å²) >= 11 is 0. The van der Waals surface area contributed by atoms with Crippen LogP contribution in [-0.2, 0) is 31.4 Å². The molecule has 0 aromatic carbocycles. The number of likely N-dealkylation sites (tertiary alicyclic amines) is 1. The van der Waals surface area contributed by atoms with Gasteiger partial charge in [-0.3, -0.25) is 9.69 Å². The number of carbonyl (C=O) groups excluding carboxylic acids is 1. The minimum atomic E-state index is -2.96. The molecule has 4 rings (SSSR count). The van der Waals surface area contributed by atoms with Crippen LogP contribution in [0.1, 0.15) is 30.5 Å². The first-order chi connectivity index (χ1) is 14.2. The Morgan fingerprint density at radius 1 is 1.30 bits per heavy atom. The number of nitrogens with zero attached hydrogens (tertiary/aromatic N) is 5. The van der Waals surface area contributed by atoms with Crippen LogP contribution in [0.4, 0.5) is 5.95 Å². The first-order valence-corrected chi connectivity index (χ1v) is 12.4. The zero-order valence-electron chi connectivity index (χ0n) is 18.0. The molecule has 1 amide bonds. The lowest BCUT2D eigenvalue weighted by Gasteiger charge is -2.44. The first kappa shape index (κ1) is 21.5. The van der Waals surface area contributed by atoms with Crippen LogP contribution in [0.2, 0.25) is 0 Å². The van der Waals surface area contributed by atoms with Gasteiger partial charge >= 0.3 is 0 Å². The van der Waals surface area contributed by atoms with Gasteiger partial charge in [0.1, 0.15) is 5.60 Å². The summed E-state index contributed by atoms with van der Waals surface area (Å²) in [5, 5.41) is 0. The summed E-state index contributed by atoms with van der Waals surface area (Å²) < 4.78 is 29.7. The van der Waals surface area contributed by atoms with E-state index in [9.17, 15) is 13.2 Å². The Morgan fingerprint density at radius 3 is 2.67 bits per heavy atom. The molecule has 1 aromatic rings. The summed E-state index contributed by atoms with van der Waals surface area (Å²) in [4.78, 5) is 27.7. The molecular weight excluding hydrogens is 406 g/mol. The first-order valence-electron chi connectivity index (χ1n) is 10.6. The zero-order chi connectivity index (χ0) is 21.5. The number of hydrogen-bond acceptors (Lipinski definition) is 8. The molecule has 9 nitrogen and oxygen atoms in total. The van der Waals surface area contributed by atoms with Crippen LogP contribution in [0, 0.1) is 0 Å². The van der Waals surface area contributed by atoms with Crippen molar-refractivity contribution in [2.24, 2.45) is 0 Å². The number of hydrogen-bond donors (Lipinski definition) is 0. The minimum absolute atomic E-state index is 0.0457. The van der Waals surface area contributed by atoms with E-state index in [1.165, 1.54) is 0 Å². The maximum Gasteiger partial charge on any atom is 0.236 e. The quantitative estimate of drug-likeness (QED) is 0.652. The fourth-order valence-electron chi connectivity index (χ4n) is 4.68. The van der Waals surface area contributed by atoms with E-state index in [0.29, 0.717) is 44.9 Å². The average Bonchev–Trinajstić information content (AvgIpc) is 3.08. The second-order valence-electron chi connectivity index (χ2n) is 8.88. The van der Waals surface area contributed by atoms with Gasteiger partial charge < -0.3 is 14.5 Å². The van der Waals surface area contributed by atoms with Gasteiger partial charge in [-0.05, 0) is 38.3 Å². The zero-order valence-corrected chi connectivity index (χ0v) is 18.8. The molecule has 3 aliphatic rings. The van der Waals surface area contributed by atoms with E-state index in [1.54, 1.807) is 0 Å². The van der Waals surface area contributed by atoms with Crippen molar-refractivity contribution >= 4 is 21.7 Å². The molecule has 1 atom stereocenters. The molecule has 0 saturated carbocycles. The highest BCUT2D eigenvalue weighted by atomic mass is 32.2. The van der Waals surface area contributed by atoms with Gasteiger partial charge in [0.15, 0.2) is 9.84 Å². The van der Waals surface area contributed by atoms with Crippen molar-refractivity contribution in [3.63, 3.8) is 0 Å². The number of sulfone groups is 1. The lowest BCUT2D eigenvalue weighted by atomic mass is 9.83. The third-order valence-corrected chi connectivity index (χ3v) is 8.32. The van der Waals surface area contributed by atoms with Gasteiger partial charge in [0.05, 0.1) is 30.4 Å². The SMILES string of the molecule is CN(C)c1ncc2c(n1)C1(CCN(C(=O)CN(C)C3CCS(=O)(=O)C3)CC1)OCC2. The molecule has 4 heterocycles. The molecule has 2 fully saturated rings. The van der Waals surface area contributed by atoms with E-state index < -0.39 is 15.4 Å². The van der Waals surface area contributed by atoms with E-state index in [1.807, 2.05) is 42.0 Å². The summed E-state index contributed by atoms with van der Waals surface area (Å²) in [6.07, 6.45) is 4.73. The number of amides is 1. The minimum Gasteiger partial charge on any atom is -0.368 e. The Kier molecular flexibility index (Phi) is 5.75. The molecular formula is C20H31N5O4S. The molecule has 166 valence electrons. The van der Waals surface area contributed by atoms with Gasteiger partial charge in [-0.2, -0.15) is 0 Å². The molecule has 0 N–H and O–H groups in total. The number of likely N-dealkylation sites (N-methyl/N-ethyl adjacent to an activating group) is 1. The monoisotopic (exact) mass is 437 g/mol. The van der Waals surface area contributed by atoms with Crippen molar-refractivity contribution in [2.75, 3.05) is 63.8 Å². The highest BCUT2D eigenvalue weighted by Crippen LogP contribution is 2.40. The molecule has 1 spiro atoms. The van der Waals surface area contributed by atoms with Crippen molar-refractivity contribution < 1.29 is 17.9 Å². The van der Waals surface area contributed by atoms with E-state index in [0.717, 1.165) is 17.7 Å². The predicted molar refractivity (Wildman–Crippen MR) is 113 cm³/mol. The second kappa shape index (κ2) is 8.05. The molecule has 30 heavy (non-hydrogen) atoms. The number of anilines is 1. The normalized spacial score (nSPS) is 24.8. The number of ether oxygens (including phenoxy) is 1. The molecule has 10 heteroatoms. The van der Waals surface area contributed by atoms with Crippen LogP contribution in [0.15, 0.2) is 6.20 Å². The molecule has 0 bridgehead atoms. The lowest BCUT2D eigenvalue weighted by molar-refractivity contribution is -0.142. The van der Waals surface area contributed by atoms with Crippen LogP contribution in [0.5, 0.6) is 0 Å². The molecule has 1 aromatic heterocycles. The topological polar surface area (TPSA) is 95.9 Å². The van der Waals surface area contributed by atoms with E-state index >= 15 is 0 Å². The van der Waals surface area contributed by atoms with Crippen LogP contribution in [0.25, 0.3) is 0 Å². The summed E-state index contributed by atoms with van der Waals surface area (Å²) in [5.41, 5.74) is 1.64. The van der Waals surface area contributed by atoms with E-state index in [4.69, 9.17) is 9.72 Å². The highest BCUT2D eigenvalue weighted by molar-refractivity contribution is 7.91. The van der Waals surface area contributed by atoms with Gasteiger partial charge in [-0.25, -0.2) is 18.4 Å². The van der Waals surface area contributed by atoms with Crippen molar-refractivity contribution in [1.29, 1.82) is 0 Å². The summed E-state index contributed by atoms with van der Waals surface area (Å²) in [7, 11) is 2.73. The predicted octanol–water partition coefficient (Wildman–Crippen LogP) is 0.0519. The van der Waals surface area contributed by atoms with Crippen LogP contribution in [-0.4, -0.2) is 99.0 Å². The Balaban J connectivity index is 1.41. The third-order valence-electron chi connectivity index (χ3n) is 6.57. The van der Waals surface area contributed by atoms with Crippen molar-refractivity contribution in [3.8, 4) is 0 Å². The molecule has 0 radical (unpaired) electrons. The van der Waals surface area contributed by atoms with E-state index in [-0.39, 0.29) is 30.0 Å². The Bertz CT molecular complexity index is 912. The number of rotatable bonds is 4. The van der Waals surface area contributed by atoms with Crippen molar-refractivity contribution in [1.82, 2.24) is 19.8 Å². The standard InChI is InChI=1S/C20H31N5O4S/c1-23(2)19-21-12-15-4-10-29-20(18(15)22-19)6-8-25(9-7-20)17(26)13-24(3)16-5-11-30(27,28)14-16/h12,16H,4-11,13-14H2,1-3H3. The van der Waals surface area contributed by atoms with Gasteiger partial charge in [-0.1, -0.05) is 0 Å². The van der Waals surface area contributed by atoms with Gasteiger partial charge in [0, 0.05) is 39.4 Å². The molecule has 0 aliphatic carbocycles. The summed E-state index contributed by atoms with van der Waals surface area (Å²) in [5.74, 6) is 1.09. The largest absolute Gasteiger partial charge is 0.368 e. The second-order valence-corrected chi connectivity index (χ2v) is 11.1. The van der Waals surface area contributed by atoms with Gasteiger partial charge in [0.2, 0.25) is 11.9 Å². The third kappa shape index (κ3) is 4.17.